The molecule has 0 aliphatic rings. The standard InChI is InChI=1S/C7H7O2S.2Li/c1-10(8,9)7-5-3-2-4-6-7;;/h2-6H,1H2;;/q-1;2*+1. The molecule has 0 bridgehead atoms. The molecule has 0 heterocycles. The molecule has 0 N–H and O–H groups in total. The zero-order chi connectivity index (χ0) is 7.61. The maximum Gasteiger partial charge on any atom is 1.00 e. The molecular weight excluding hydrogens is 162 g/mol. The molecule has 0 saturated carbocycles. The van der Waals surface area contributed by atoms with E-state index in [1.807, 2.05) is 0 Å². The summed E-state index contributed by atoms with van der Waals surface area (Å²) >= 11 is 0. The number of sulfone groups is 1. The SMILES string of the molecule is [CH2-]S(=O)(=O)c1ccccc1.[Li+].[Li+]. The summed E-state index contributed by atoms with van der Waals surface area (Å²) in [6.07, 6.45) is 3.01. The van der Waals surface area contributed by atoms with E-state index in [9.17, 15) is 8.42 Å². The van der Waals surface area contributed by atoms with Gasteiger partial charge >= 0.3 is 37.7 Å². The molecule has 1 aromatic rings. The minimum absolute atomic E-state index is 0. The summed E-state index contributed by atoms with van der Waals surface area (Å²) in [5, 5.41) is 0. The smallest absolute Gasteiger partial charge is 0.258 e. The molecule has 12 heavy (non-hydrogen) atoms. The molecule has 1 rings (SSSR count). The summed E-state index contributed by atoms with van der Waals surface area (Å²) in [6, 6.07) is 8.12. The van der Waals surface area contributed by atoms with Crippen LogP contribution in [-0.2, 0) is 9.84 Å². The van der Waals surface area contributed by atoms with Crippen molar-refractivity contribution in [2.24, 2.45) is 0 Å². The maximum atomic E-state index is 10.7. The molecular formula is C7H7Li2O2S+. The van der Waals surface area contributed by atoms with Crippen LogP contribution < -0.4 is 37.7 Å². The second kappa shape index (κ2) is 5.92. The van der Waals surface area contributed by atoms with Gasteiger partial charge in [0.15, 0.2) is 0 Å². The molecule has 0 spiro atoms. The van der Waals surface area contributed by atoms with Crippen molar-refractivity contribution in [2.75, 3.05) is 0 Å². The van der Waals surface area contributed by atoms with Crippen molar-refractivity contribution in [2.45, 2.75) is 4.90 Å². The normalized spacial score (nSPS) is 9.42. The minimum Gasteiger partial charge on any atom is -0.258 e. The Kier molecular flexibility index (Phi) is 7.33. The van der Waals surface area contributed by atoms with E-state index in [1.54, 1.807) is 18.2 Å². The number of rotatable bonds is 1. The average Bonchev–Trinajstić information content (AvgIpc) is 1.88. The Morgan fingerprint density at radius 1 is 1.00 bits per heavy atom. The molecule has 0 unspecified atom stereocenters. The quantitative estimate of drug-likeness (QED) is 0.312. The van der Waals surface area contributed by atoms with E-state index in [1.165, 1.54) is 12.1 Å². The van der Waals surface area contributed by atoms with Crippen molar-refractivity contribution in [3.8, 4) is 0 Å². The summed E-state index contributed by atoms with van der Waals surface area (Å²) < 4.78 is 21.4. The van der Waals surface area contributed by atoms with Gasteiger partial charge in [-0.05, 0) is 12.1 Å². The van der Waals surface area contributed by atoms with Gasteiger partial charge in [0.05, 0.1) is 0 Å². The van der Waals surface area contributed by atoms with Gasteiger partial charge in [-0.25, -0.2) is 6.26 Å². The van der Waals surface area contributed by atoms with Crippen molar-refractivity contribution in [3.63, 3.8) is 0 Å². The number of benzene rings is 1. The first kappa shape index (κ1) is 14.9. The van der Waals surface area contributed by atoms with Gasteiger partial charge in [-0.2, -0.15) is 0 Å². The van der Waals surface area contributed by atoms with Crippen molar-refractivity contribution in [1.29, 1.82) is 0 Å². The summed E-state index contributed by atoms with van der Waals surface area (Å²) in [4.78, 5) is 0.259. The average molecular weight is 169 g/mol. The largest absolute Gasteiger partial charge is 1.00 e. The molecule has 54 valence electrons. The fraction of sp³-hybridized carbons (Fsp3) is 0. The summed E-state index contributed by atoms with van der Waals surface area (Å²) in [7, 11) is -3.25. The Morgan fingerprint density at radius 2 is 1.42 bits per heavy atom. The third-order valence-corrected chi connectivity index (χ3v) is 2.09. The predicted molar refractivity (Wildman–Crippen MR) is 39.0 cm³/mol. The Morgan fingerprint density at radius 3 is 1.67 bits per heavy atom. The second-order valence-electron chi connectivity index (χ2n) is 1.93. The summed E-state index contributed by atoms with van der Waals surface area (Å²) in [5.41, 5.74) is 0. The van der Waals surface area contributed by atoms with E-state index in [4.69, 9.17) is 0 Å². The van der Waals surface area contributed by atoms with Crippen LogP contribution >= 0.6 is 0 Å². The topological polar surface area (TPSA) is 34.1 Å². The van der Waals surface area contributed by atoms with Crippen molar-refractivity contribution in [3.05, 3.63) is 36.6 Å². The van der Waals surface area contributed by atoms with Crippen LogP contribution in [0.25, 0.3) is 0 Å². The zero-order valence-electron chi connectivity index (χ0n) is 7.32. The van der Waals surface area contributed by atoms with Crippen LogP contribution in [0.4, 0.5) is 0 Å². The van der Waals surface area contributed by atoms with Gasteiger partial charge in [0.25, 0.3) is 0 Å². The Hall–Kier alpha value is 0.365. The van der Waals surface area contributed by atoms with Gasteiger partial charge in [0.1, 0.15) is 0 Å². The molecule has 0 aliphatic carbocycles. The van der Waals surface area contributed by atoms with Gasteiger partial charge in [-0.1, -0.05) is 18.2 Å². The van der Waals surface area contributed by atoms with Crippen LogP contribution in [0.5, 0.6) is 0 Å². The van der Waals surface area contributed by atoms with Crippen LogP contribution in [-0.4, -0.2) is 8.42 Å². The molecule has 0 fully saturated rings. The molecule has 0 aliphatic heterocycles. The van der Waals surface area contributed by atoms with Crippen LogP contribution in [0, 0.1) is 6.26 Å². The third-order valence-electron chi connectivity index (χ3n) is 1.10. The van der Waals surface area contributed by atoms with E-state index in [0.29, 0.717) is 0 Å². The third kappa shape index (κ3) is 4.41. The number of hydrogen-bond acceptors (Lipinski definition) is 2. The zero-order valence-corrected chi connectivity index (χ0v) is 8.14. The fourth-order valence-electron chi connectivity index (χ4n) is 0.628. The summed E-state index contributed by atoms with van der Waals surface area (Å²) in [6.45, 7) is 0. The number of hydrogen-bond donors (Lipinski definition) is 0. The van der Waals surface area contributed by atoms with Gasteiger partial charge in [0, 0.05) is 14.7 Å². The summed E-state index contributed by atoms with van der Waals surface area (Å²) in [5.74, 6) is 0. The van der Waals surface area contributed by atoms with Crippen LogP contribution in [0.2, 0.25) is 0 Å². The first-order chi connectivity index (χ1) is 4.61. The second-order valence-corrected chi connectivity index (χ2v) is 3.63. The maximum absolute atomic E-state index is 10.7. The van der Waals surface area contributed by atoms with E-state index in [0.717, 1.165) is 0 Å². The van der Waals surface area contributed by atoms with E-state index in [-0.39, 0.29) is 42.6 Å². The molecule has 0 saturated heterocycles. The molecule has 2 nitrogen and oxygen atoms in total. The van der Waals surface area contributed by atoms with Crippen molar-refractivity contribution >= 4 is 9.84 Å². The van der Waals surface area contributed by atoms with E-state index < -0.39 is 9.84 Å². The van der Waals surface area contributed by atoms with Gasteiger partial charge < -0.3 is 0 Å². The Balaban J connectivity index is 0. The Labute approximate surface area is 97.0 Å². The molecule has 0 atom stereocenters. The van der Waals surface area contributed by atoms with Crippen molar-refractivity contribution in [1.82, 2.24) is 0 Å². The van der Waals surface area contributed by atoms with E-state index >= 15 is 0 Å². The molecule has 0 amide bonds. The van der Waals surface area contributed by atoms with Crippen LogP contribution in [0.15, 0.2) is 35.2 Å². The van der Waals surface area contributed by atoms with Crippen molar-refractivity contribution < 1.29 is 46.1 Å². The molecule has 0 aromatic heterocycles. The van der Waals surface area contributed by atoms with Crippen LogP contribution in [0.1, 0.15) is 0 Å². The van der Waals surface area contributed by atoms with E-state index in [2.05, 4.69) is 6.26 Å². The molecule has 1 aromatic carbocycles. The first-order valence-corrected chi connectivity index (χ1v) is 4.39. The van der Waals surface area contributed by atoms with Crippen LogP contribution in [0.3, 0.4) is 0 Å². The predicted octanol–water partition coefficient (Wildman–Crippen LogP) is -4.74. The molecule has 0 radical (unpaired) electrons. The minimum atomic E-state index is -3.25. The van der Waals surface area contributed by atoms with Gasteiger partial charge in [-0.3, -0.25) is 8.42 Å². The first-order valence-electron chi connectivity index (χ1n) is 2.74. The van der Waals surface area contributed by atoms with Gasteiger partial charge in [0.2, 0.25) is 0 Å². The monoisotopic (exact) mass is 169 g/mol. The molecule has 5 heteroatoms. The fourth-order valence-corrected chi connectivity index (χ4v) is 1.20. The Bertz CT molecular complexity index is 307. The van der Waals surface area contributed by atoms with Gasteiger partial charge in [-0.15, -0.1) is 0 Å².